The average molecular weight is 242 g/mol. The van der Waals surface area contributed by atoms with Gasteiger partial charge >= 0.3 is 0 Å². The number of rotatable bonds is 4. The van der Waals surface area contributed by atoms with E-state index in [2.05, 4.69) is 22.2 Å². The van der Waals surface area contributed by atoms with E-state index in [9.17, 15) is 0 Å². The van der Waals surface area contributed by atoms with Crippen molar-refractivity contribution in [2.45, 2.75) is 19.4 Å². The predicted molar refractivity (Wildman–Crippen MR) is 73.1 cm³/mol. The zero-order valence-corrected chi connectivity index (χ0v) is 10.7. The van der Waals surface area contributed by atoms with Crippen LogP contribution in [-0.4, -0.2) is 17.0 Å². The highest BCUT2D eigenvalue weighted by molar-refractivity contribution is 5.45. The molecule has 2 aromatic heterocycles. The maximum atomic E-state index is 5.96. The monoisotopic (exact) mass is 242 g/mol. The van der Waals surface area contributed by atoms with Crippen molar-refractivity contribution < 1.29 is 0 Å². The Morgan fingerprint density at radius 2 is 1.94 bits per heavy atom. The fourth-order valence-corrected chi connectivity index (χ4v) is 2.04. The lowest BCUT2D eigenvalue weighted by Crippen LogP contribution is -2.20. The second-order valence-corrected chi connectivity index (χ2v) is 4.35. The van der Waals surface area contributed by atoms with Crippen molar-refractivity contribution in [2.75, 3.05) is 12.8 Å². The van der Waals surface area contributed by atoms with Gasteiger partial charge in [-0.2, -0.15) is 0 Å². The molecule has 0 amide bonds. The number of hydrogen-bond acceptors (Lipinski definition) is 4. The van der Waals surface area contributed by atoms with E-state index in [4.69, 9.17) is 5.73 Å². The van der Waals surface area contributed by atoms with E-state index in [1.807, 2.05) is 37.8 Å². The molecule has 4 nitrogen and oxygen atoms in total. The number of hydrogen-bond donors (Lipinski definition) is 2. The number of pyridine rings is 2. The van der Waals surface area contributed by atoms with Gasteiger partial charge in [-0.15, -0.1) is 0 Å². The van der Waals surface area contributed by atoms with Crippen LogP contribution in [0.1, 0.15) is 22.7 Å². The van der Waals surface area contributed by atoms with Gasteiger partial charge in [0, 0.05) is 36.5 Å². The third-order valence-corrected chi connectivity index (χ3v) is 3.17. The summed E-state index contributed by atoms with van der Waals surface area (Å²) in [5.74, 6) is 0. The normalized spacial score (nSPS) is 12.3. The molecule has 0 aliphatic heterocycles. The van der Waals surface area contributed by atoms with Crippen LogP contribution in [0.2, 0.25) is 0 Å². The summed E-state index contributed by atoms with van der Waals surface area (Å²) in [5.41, 5.74) is 10.2. The summed E-state index contributed by atoms with van der Waals surface area (Å²) in [5, 5.41) is 3.31. The van der Waals surface area contributed by atoms with Crippen LogP contribution < -0.4 is 11.1 Å². The highest BCUT2D eigenvalue weighted by atomic mass is 14.9. The average Bonchev–Trinajstić information content (AvgIpc) is 2.39. The first-order chi connectivity index (χ1) is 8.72. The van der Waals surface area contributed by atoms with Gasteiger partial charge in [-0.1, -0.05) is 0 Å². The third-order valence-electron chi connectivity index (χ3n) is 3.17. The van der Waals surface area contributed by atoms with Gasteiger partial charge in [-0.05, 0) is 49.2 Å². The molecule has 0 saturated carbocycles. The number of nitrogens with one attached hydrogen (secondary N) is 1. The van der Waals surface area contributed by atoms with Gasteiger partial charge in [0.15, 0.2) is 0 Å². The lowest BCUT2D eigenvalue weighted by Gasteiger charge is -2.19. The molecule has 0 aromatic carbocycles. The summed E-state index contributed by atoms with van der Waals surface area (Å²) in [7, 11) is 1.95. The van der Waals surface area contributed by atoms with Crippen LogP contribution in [0.15, 0.2) is 36.9 Å². The van der Waals surface area contributed by atoms with E-state index in [-0.39, 0.29) is 6.04 Å². The Kier molecular flexibility index (Phi) is 3.89. The molecule has 94 valence electrons. The Hall–Kier alpha value is -1.94. The fourth-order valence-electron chi connectivity index (χ4n) is 2.04. The van der Waals surface area contributed by atoms with Crippen LogP contribution in [0.5, 0.6) is 0 Å². The lowest BCUT2D eigenvalue weighted by atomic mass is 9.97. The van der Waals surface area contributed by atoms with Crippen molar-refractivity contribution in [1.29, 1.82) is 0 Å². The Morgan fingerprint density at radius 3 is 2.61 bits per heavy atom. The molecule has 0 aliphatic rings. The second-order valence-electron chi connectivity index (χ2n) is 4.35. The van der Waals surface area contributed by atoms with Gasteiger partial charge in [0.2, 0.25) is 0 Å². The molecule has 0 fully saturated rings. The Labute approximate surface area is 107 Å². The van der Waals surface area contributed by atoms with Gasteiger partial charge in [-0.25, -0.2) is 0 Å². The maximum Gasteiger partial charge on any atom is 0.0378 e. The molecule has 0 saturated heterocycles. The highest BCUT2D eigenvalue weighted by Gasteiger charge is 2.14. The highest BCUT2D eigenvalue weighted by Crippen LogP contribution is 2.22. The number of nitrogens with two attached hydrogens (primary N) is 1. The molecule has 3 N–H and O–H groups in total. The minimum atomic E-state index is 0.199. The zero-order chi connectivity index (χ0) is 13.0. The number of likely N-dealkylation sites (N-methyl/N-ethyl adjacent to an activating group) is 1. The Morgan fingerprint density at radius 1 is 1.22 bits per heavy atom. The number of anilines is 1. The van der Waals surface area contributed by atoms with Crippen LogP contribution in [0.25, 0.3) is 0 Å². The molecule has 0 aliphatic carbocycles. The number of aromatic nitrogens is 2. The van der Waals surface area contributed by atoms with Gasteiger partial charge in [0.25, 0.3) is 0 Å². The first-order valence-electron chi connectivity index (χ1n) is 5.98. The lowest BCUT2D eigenvalue weighted by molar-refractivity contribution is 0.586. The molecule has 0 radical (unpaired) electrons. The quantitative estimate of drug-likeness (QED) is 0.859. The van der Waals surface area contributed by atoms with E-state index in [0.717, 1.165) is 17.7 Å². The molecular weight excluding hydrogens is 224 g/mol. The topological polar surface area (TPSA) is 63.8 Å². The van der Waals surface area contributed by atoms with Crippen LogP contribution in [-0.2, 0) is 6.42 Å². The SMILES string of the molecule is CNC(Cc1cnccc1N)c1cnccc1C. The van der Waals surface area contributed by atoms with Crippen LogP contribution in [0, 0.1) is 6.92 Å². The van der Waals surface area contributed by atoms with Crippen molar-refractivity contribution >= 4 is 5.69 Å². The fraction of sp³-hybridized carbons (Fsp3) is 0.286. The van der Waals surface area contributed by atoms with Crippen LogP contribution in [0.4, 0.5) is 5.69 Å². The minimum Gasteiger partial charge on any atom is -0.398 e. The van der Waals surface area contributed by atoms with E-state index in [1.165, 1.54) is 11.1 Å². The summed E-state index contributed by atoms with van der Waals surface area (Å²) >= 11 is 0. The number of nitrogen functional groups attached to an aromatic ring is 1. The maximum absolute atomic E-state index is 5.96. The van der Waals surface area contributed by atoms with Gasteiger partial charge < -0.3 is 11.1 Å². The molecule has 2 rings (SSSR count). The zero-order valence-electron chi connectivity index (χ0n) is 10.7. The van der Waals surface area contributed by atoms with Gasteiger partial charge in [-0.3, -0.25) is 9.97 Å². The Bertz CT molecular complexity index is 525. The smallest absolute Gasteiger partial charge is 0.0378 e. The molecule has 18 heavy (non-hydrogen) atoms. The van der Waals surface area contributed by atoms with Crippen molar-refractivity contribution in [3.05, 3.63) is 53.6 Å². The molecule has 0 spiro atoms. The predicted octanol–water partition coefficient (Wildman–Crippen LogP) is 1.87. The van der Waals surface area contributed by atoms with Crippen molar-refractivity contribution in [3.8, 4) is 0 Å². The van der Waals surface area contributed by atoms with E-state index in [1.54, 1.807) is 6.20 Å². The molecule has 0 bridgehead atoms. The molecule has 2 heterocycles. The molecule has 2 aromatic rings. The largest absolute Gasteiger partial charge is 0.398 e. The number of nitrogens with zero attached hydrogens (tertiary/aromatic N) is 2. The molecule has 1 atom stereocenters. The first-order valence-corrected chi connectivity index (χ1v) is 5.98. The van der Waals surface area contributed by atoms with E-state index in [0.29, 0.717) is 0 Å². The summed E-state index contributed by atoms with van der Waals surface area (Å²) in [6.45, 7) is 2.09. The second kappa shape index (κ2) is 5.60. The molecular formula is C14H18N4. The van der Waals surface area contributed by atoms with Crippen LogP contribution >= 0.6 is 0 Å². The van der Waals surface area contributed by atoms with Crippen molar-refractivity contribution in [2.24, 2.45) is 0 Å². The van der Waals surface area contributed by atoms with E-state index >= 15 is 0 Å². The third kappa shape index (κ3) is 2.65. The van der Waals surface area contributed by atoms with Gasteiger partial charge in [0.1, 0.15) is 0 Å². The van der Waals surface area contributed by atoms with Gasteiger partial charge in [0.05, 0.1) is 0 Å². The Balaban J connectivity index is 2.26. The molecule has 1 unspecified atom stereocenters. The molecule has 4 heteroatoms. The first kappa shape index (κ1) is 12.5. The summed E-state index contributed by atoms with van der Waals surface area (Å²) in [6, 6.07) is 4.05. The van der Waals surface area contributed by atoms with Crippen LogP contribution in [0.3, 0.4) is 0 Å². The van der Waals surface area contributed by atoms with Crippen molar-refractivity contribution in [3.63, 3.8) is 0 Å². The standard InChI is InChI=1S/C14H18N4/c1-10-3-5-18-9-12(10)14(16-2)7-11-8-17-6-4-13(11)15/h3-6,8-9,14,16H,7H2,1-2H3,(H2,15,17). The summed E-state index contributed by atoms with van der Waals surface area (Å²) < 4.78 is 0. The number of aryl methyl sites for hydroxylation is 1. The summed E-state index contributed by atoms with van der Waals surface area (Å²) in [4.78, 5) is 8.32. The summed E-state index contributed by atoms with van der Waals surface area (Å²) in [6.07, 6.45) is 8.06. The van der Waals surface area contributed by atoms with Crippen molar-refractivity contribution in [1.82, 2.24) is 15.3 Å². The van der Waals surface area contributed by atoms with E-state index < -0.39 is 0 Å². The minimum absolute atomic E-state index is 0.199.